The summed E-state index contributed by atoms with van der Waals surface area (Å²) in [5.74, 6) is 0.491. The highest BCUT2D eigenvalue weighted by molar-refractivity contribution is 8.26. The Labute approximate surface area is 159 Å². The van der Waals surface area contributed by atoms with Crippen molar-refractivity contribution in [2.24, 2.45) is 0 Å². The van der Waals surface area contributed by atoms with Crippen molar-refractivity contribution in [1.82, 2.24) is 10.4 Å². The molecule has 2 amide bonds. The van der Waals surface area contributed by atoms with Crippen molar-refractivity contribution in [1.29, 1.82) is 0 Å². The lowest BCUT2D eigenvalue weighted by Gasteiger charge is -2.15. The van der Waals surface area contributed by atoms with E-state index in [0.717, 1.165) is 16.8 Å². The van der Waals surface area contributed by atoms with Gasteiger partial charge in [0.15, 0.2) is 4.32 Å². The number of hydrazine groups is 1. The molecule has 1 fully saturated rings. The summed E-state index contributed by atoms with van der Waals surface area (Å²) < 4.78 is 10.5. The molecule has 0 radical (unpaired) electrons. The number of furan rings is 1. The van der Waals surface area contributed by atoms with E-state index >= 15 is 0 Å². The fraction of sp³-hybridized carbons (Fsp3) is 0.0556. The first-order valence-corrected chi connectivity index (χ1v) is 8.74. The zero-order valence-corrected chi connectivity index (χ0v) is 15.3. The smallest absolute Gasteiger partial charge is 0.285 e. The second kappa shape index (κ2) is 8.03. The molecule has 2 heterocycles. The molecule has 1 aliphatic heterocycles. The molecule has 1 aromatic heterocycles. The van der Waals surface area contributed by atoms with Gasteiger partial charge in [0.2, 0.25) is 0 Å². The van der Waals surface area contributed by atoms with Gasteiger partial charge in [-0.3, -0.25) is 15.0 Å². The summed E-state index contributed by atoms with van der Waals surface area (Å²) in [5, 5.41) is 1.07. The molecule has 0 spiro atoms. The molecule has 3 rings (SSSR count). The number of nitrogens with zero attached hydrogens (tertiary/aromatic N) is 1. The highest BCUT2D eigenvalue weighted by atomic mass is 32.2. The van der Waals surface area contributed by atoms with Crippen LogP contribution in [0.4, 0.5) is 0 Å². The predicted octanol–water partition coefficient (Wildman–Crippen LogP) is 3.39. The van der Waals surface area contributed by atoms with Crippen LogP contribution in [0.15, 0.2) is 64.1 Å². The van der Waals surface area contributed by atoms with Crippen LogP contribution in [0.1, 0.15) is 16.1 Å². The third kappa shape index (κ3) is 4.04. The van der Waals surface area contributed by atoms with Gasteiger partial charge in [-0.15, -0.1) is 0 Å². The molecule has 0 bridgehead atoms. The van der Waals surface area contributed by atoms with Gasteiger partial charge in [-0.2, -0.15) is 5.01 Å². The maximum absolute atomic E-state index is 12.4. The van der Waals surface area contributed by atoms with Crippen molar-refractivity contribution in [3.8, 4) is 5.75 Å². The summed E-state index contributed by atoms with van der Waals surface area (Å²) in [4.78, 5) is 25.1. The van der Waals surface area contributed by atoms with E-state index in [9.17, 15) is 9.59 Å². The van der Waals surface area contributed by atoms with Crippen LogP contribution < -0.4 is 10.2 Å². The monoisotopic (exact) mass is 386 g/mol. The quantitative estimate of drug-likeness (QED) is 0.627. The number of rotatable bonds is 5. The molecule has 0 saturated carbocycles. The van der Waals surface area contributed by atoms with Crippen molar-refractivity contribution in [3.63, 3.8) is 0 Å². The molecule has 1 aliphatic rings. The van der Waals surface area contributed by atoms with E-state index in [0.29, 0.717) is 22.0 Å². The van der Waals surface area contributed by atoms with Crippen LogP contribution in [0.5, 0.6) is 5.75 Å². The normalized spacial score (nSPS) is 15.9. The number of hydrogen-bond donors (Lipinski definition) is 1. The second-order valence-electron chi connectivity index (χ2n) is 5.08. The summed E-state index contributed by atoms with van der Waals surface area (Å²) in [6.07, 6.45) is 6.61. The van der Waals surface area contributed by atoms with Crippen molar-refractivity contribution < 1.29 is 18.7 Å². The Morgan fingerprint density at radius 3 is 2.73 bits per heavy atom. The molecular weight excluding hydrogens is 372 g/mol. The first-order chi connectivity index (χ1) is 12.6. The highest BCUT2D eigenvalue weighted by Crippen LogP contribution is 2.29. The minimum absolute atomic E-state index is 0.259. The molecule has 6 nitrogen and oxygen atoms in total. The number of methoxy groups -OCH3 is 1. The molecule has 1 aromatic carbocycles. The maximum atomic E-state index is 12.4. The Bertz CT molecular complexity index is 886. The number of hydrogen-bond acceptors (Lipinski definition) is 6. The SMILES string of the molecule is COc1ccc(C(=O)NN2C(=O)C(=CC=Cc3ccco3)SC2=S)cc1. The Balaban J connectivity index is 1.67. The number of amides is 2. The zero-order chi connectivity index (χ0) is 18.5. The third-order valence-electron chi connectivity index (χ3n) is 3.41. The number of carbonyl (C=O) groups excluding carboxylic acids is 2. The summed E-state index contributed by atoms with van der Waals surface area (Å²) in [7, 11) is 1.54. The highest BCUT2D eigenvalue weighted by Gasteiger charge is 2.33. The van der Waals surface area contributed by atoms with Crippen LogP contribution in [0.2, 0.25) is 0 Å². The summed E-state index contributed by atoms with van der Waals surface area (Å²) >= 11 is 6.30. The van der Waals surface area contributed by atoms with Crippen LogP contribution in [0.3, 0.4) is 0 Å². The fourth-order valence-electron chi connectivity index (χ4n) is 2.10. The lowest BCUT2D eigenvalue weighted by molar-refractivity contribution is -0.123. The van der Waals surface area contributed by atoms with Gasteiger partial charge in [-0.25, -0.2) is 0 Å². The molecule has 132 valence electrons. The van der Waals surface area contributed by atoms with Gasteiger partial charge in [-0.05, 0) is 60.8 Å². The average Bonchev–Trinajstić information content (AvgIpc) is 3.26. The Morgan fingerprint density at radius 2 is 2.08 bits per heavy atom. The lowest BCUT2D eigenvalue weighted by atomic mass is 10.2. The van der Waals surface area contributed by atoms with Crippen LogP contribution in [-0.4, -0.2) is 28.3 Å². The molecular formula is C18H14N2O4S2. The maximum Gasteiger partial charge on any atom is 0.285 e. The molecule has 0 atom stereocenters. The van der Waals surface area contributed by atoms with Crippen molar-refractivity contribution in [3.05, 3.63) is 71.0 Å². The number of carbonyl (C=O) groups is 2. The molecule has 26 heavy (non-hydrogen) atoms. The Morgan fingerprint density at radius 1 is 1.31 bits per heavy atom. The molecule has 0 aliphatic carbocycles. The number of nitrogens with one attached hydrogen (secondary N) is 1. The number of benzene rings is 1. The van der Waals surface area contributed by atoms with Crippen molar-refractivity contribution >= 4 is 46.2 Å². The Kier molecular flexibility index (Phi) is 5.55. The van der Waals surface area contributed by atoms with Crippen LogP contribution in [-0.2, 0) is 4.79 Å². The third-order valence-corrected chi connectivity index (χ3v) is 4.73. The molecule has 8 heteroatoms. The predicted molar refractivity (Wildman–Crippen MR) is 103 cm³/mol. The summed E-state index contributed by atoms with van der Waals surface area (Å²) in [6, 6.07) is 10.1. The van der Waals surface area contributed by atoms with Gasteiger partial charge in [0.1, 0.15) is 11.5 Å². The van der Waals surface area contributed by atoms with Gasteiger partial charge >= 0.3 is 0 Å². The summed E-state index contributed by atoms with van der Waals surface area (Å²) in [5.41, 5.74) is 2.92. The van der Waals surface area contributed by atoms with Gasteiger partial charge < -0.3 is 9.15 Å². The largest absolute Gasteiger partial charge is 0.497 e. The standard InChI is InChI=1S/C18H14N2O4S2/c1-23-13-9-7-12(8-10-13)16(21)19-20-17(22)15(26-18(20)25)6-2-4-14-5-3-11-24-14/h2-11H,1H3,(H,19,21). The second-order valence-corrected chi connectivity index (χ2v) is 6.76. The number of allylic oxidation sites excluding steroid dienone is 2. The first-order valence-electron chi connectivity index (χ1n) is 7.51. The Hall–Kier alpha value is -2.84. The average molecular weight is 386 g/mol. The van der Waals surface area contributed by atoms with Crippen LogP contribution in [0, 0.1) is 0 Å². The first kappa shape index (κ1) is 18.0. The van der Waals surface area contributed by atoms with Crippen molar-refractivity contribution in [2.75, 3.05) is 7.11 Å². The van der Waals surface area contributed by atoms with E-state index < -0.39 is 5.91 Å². The van der Waals surface area contributed by atoms with Gasteiger partial charge in [0.25, 0.3) is 11.8 Å². The van der Waals surface area contributed by atoms with Crippen molar-refractivity contribution in [2.45, 2.75) is 0 Å². The van der Waals surface area contributed by atoms with Crippen LogP contribution in [0.25, 0.3) is 6.08 Å². The number of thioether (sulfide) groups is 1. The number of thiocarbonyl (C=S) groups is 1. The van der Waals surface area contributed by atoms with Gasteiger partial charge in [0, 0.05) is 5.56 Å². The topological polar surface area (TPSA) is 71.8 Å². The van der Waals surface area contributed by atoms with E-state index in [1.165, 1.54) is 0 Å². The zero-order valence-electron chi connectivity index (χ0n) is 13.7. The molecule has 1 saturated heterocycles. The van der Waals surface area contributed by atoms with E-state index in [4.69, 9.17) is 21.4 Å². The number of ether oxygens (including phenoxy) is 1. The van der Waals surface area contributed by atoms with E-state index in [-0.39, 0.29) is 10.2 Å². The van der Waals surface area contributed by atoms with E-state index in [1.807, 2.05) is 0 Å². The molecule has 1 N–H and O–H groups in total. The van der Waals surface area contributed by atoms with Gasteiger partial charge in [-0.1, -0.05) is 17.8 Å². The van der Waals surface area contributed by atoms with Gasteiger partial charge in [0.05, 0.1) is 18.3 Å². The minimum atomic E-state index is -0.434. The summed E-state index contributed by atoms with van der Waals surface area (Å²) in [6.45, 7) is 0. The lowest BCUT2D eigenvalue weighted by Crippen LogP contribution is -2.44. The van der Waals surface area contributed by atoms with Crippen LogP contribution >= 0.6 is 24.0 Å². The molecule has 2 aromatic rings. The molecule has 0 unspecified atom stereocenters. The minimum Gasteiger partial charge on any atom is -0.497 e. The van der Waals surface area contributed by atoms with E-state index in [1.54, 1.807) is 68.0 Å². The fourth-order valence-corrected chi connectivity index (χ4v) is 3.23. The van der Waals surface area contributed by atoms with E-state index in [2.05, 4.69) is 5.43 Å².